The van der Waals surface area contributed by atoms with Gasteiger partial charge in [0.2, 0.25) is 0 Å². The highest BCUT2D eigenvalue weighted by molar-refractivity contribution is 7.11. The molecule has 122 valence electrons. The molecule has 2 rings (SSSR count). The molecule has 1 atom stereocenters. The van der Waals surface area contributed by atoms with Crippen LogP contribution in [0.2, 0.25) is 0 Å². The lowest BCUT2D eigenvalue weighted by molar-refractivity contribution is -0.384. The fourth-order valence-corrected chi connectivity index (χ4v) is 3.27. The van der Waals surface area contributed by atoms with Crippen LogP contribution in [-0.2, 0) is 0 Å². The van der Waals surface area contributed by atoms with Crippen LogP contribution in [0.3, 0.4) is 0 Å². The minimum absolute atomic E-state index is 0.119. The lowest BCUT2D eigenvalue weighted by Crippen LogP contribution is -2.27. The van der Waals surface area contributed by atoms with Gasteiger partial charge in [0.15, 0.2) is 0 Å². The Kier molecular flexibility index (Phi) is 4.95. The Labute approximate surface area is 137 Å². The van der Waals surface area contributed by atoms with Crippen LogP contribution in [0.1, 0.15) is 38.9 Å². The van der Waals surface area contributed by atoms with E-state index in [1.54, 1.807) is 7.05 Å². The van der Waals surface area contributed by atoms with Gasteiger partial charge >= 0.3 is 0 Å². The summed E-state index contributed by atoms with van der Waals surface area (Å²) in [6.07, 6.45) is 0. The lowest BCUT2D eigenvalue weighted by atomic mass is 10.1. The van der Waals surface area contributed by atoms with Crippen LogP contribution in [0.25, 0.3) is 0 Å². The Balaban J connectivity index is 2.27. The Bertz CT molecular complexity index is 757. The number of hydrogen-bond acceptors (Lipinski definition) is 6. The molecule has 1 aromatic carbocycles. The molecule has 2 aromatic rings. The summed E-state index contributed by atoms with van der Waals surface area (Å²) in [5.74, 6) is -0.365. The first kappa shape index (κ1) is 16.9. The molecule has 0 bridgehead atoms. The van der Waals surface area contributed by atoms with Gasteiger partial charge in [-0.05, 0) is 26.8 Å². The molecule has 0 radical (unpaired) electrons. The number of nitro benzene ring substituents is 1. The highest BCUT2D eigenvalue weighted by atomic mass is 32.1. The molecule has 1 amide bonds. The SMILES string of the molecule is CNc1ccc([N+](=O)[O-])cc1C(=O)N[C@H](C)c1sc(C)nc1C. The van der Waals surface area contributed by atoms with Crippen LogP contribution in [0.15, 0.2) is 18.2 Å². The van der Waals surface area contributed by atoms with Gasteiger partial charge in [-0.25, -0.2) is 4.98 Å². The number of carbonyl (C=O) groups excluding carboxylic acids is 1. The minimum atomic E-state index is -0.518. The second kappa shape index (κ2) is 6.74. The maximum atomic E-state index is 12.5. The Morgan fingerprint density at radius 3 is 2.61 bits per heavy atom. The third-order valence-corrected chi connectivity index (χ3v) is 4.66. The summed E-state index contributed by atoms with van der Waals surface area (Å²) in [6.45, 7) is 5.68. The maximum absolute atomic E-state index is 12.5. The first-order chi connectivity index (χ1) is 10.8. The van der Waals surface area contributed by atoms with E-state index in [0.29, 0.717) is 5.69 Å². The standard InChI is InChI=1S/C15H18N4O3S/c1-8-14(23-10(3)17-8)9(2)18-15(20)12-7-11(19(21)22)5-6-13(12)16-4/h5-7,9,16H,1-4H3,(H,18,20)/t9-/m1/s1. The number of aromatic nitrogens is 1. The molecule has 1 heterocycles. The van der Waals surface area contributed by atoms with E-state index in [2.05, 4.69) is 15.6 Å². The number of thiazole rings is 1. The largest absolute Gasteiger partial charge is 0.387 e. The van der Waals surface area contributed by atoms with Crippen LogP contribution in [-0.4, -0.2) is 22.9 Å². The van der Waals surface area contributed by atoms with Gasteiger partial charge in [-0.2, -0.15) is 0 Å². The maximum Gasteiger partial charge on any atom is 0.270 e. The van der Waals surface area contributed by atoms with E-state index in [0.717, 1.165) is 15.6 Å². The second-order valence-corrected chi connectivity index (χ2v) is 6.35. The molecule has 0 saturated carbocycles. The number of benzene rings is 1. The van der Waals surface area contributed by atoms with E-state index in [-0.39, 0.29) is 23.2 Å². The molecular formula is C15H18N4O3S. The number of anilines is 1. The molecule has 8 heteroatoms. The molecule has 23 heavy (non-hydrogen) atoms. The summed E-state index contributed by atoms with van der Waals surface area (Å²) in [5, 5.41) is 17.6. The van der Waals surface area contributed by atoms with E-state index in [1.807, 2.05) is 20.8 Å². The summed E-state index contributed by atoms with van der Waals surface area (Å²) in [6, 6.07) is 3.94. The van der Waals surface area contributed by atoms with Gasteiger partial charge in [-0.3, -0.25) is 14.9 Å². The van der Waals surface area contributed by atoms with Crippen LogP contribution in [0.4, 0.5) is 11.4 Å². The van der Waals surface area contributed by atoms with Crippen molar-refractivity contribution in [1.29, 1.82) is 0 Å². The number of nitrogens with one attached hydrogen (secondary N) is 2. The monoisotopic (exact) mass is 334 g/mol. The van der Waals surface area contributed by atoms with Crippen molar-refractivity contribution in [3.8, 4) is 0 Å². The molecule has 0 aliphatic carbocycles. The number of amides is 1. The molecule has 7 nitrogen and oxygen atoms in total. The number of nitro groups is 1. The number of rotatable bonds is 5. The van der Waals surface area contributed by atoms with Crippen molar-refractivity contribution in [2.45, 2.75) is 26.8 Å². The van der Waals surface area contributed by atoms with Crippen molar-refractivity contribution in [2.75, 3.05) is 12.4 Å². The number of carbonyl (C=O) groups is 1. The smallest absolute Gasteiger partial charge is 0.270 e. The summed E-state index contributed by atoms with van der Waals surface area (Å²) < 4.78 is 0. The van der Waals surface area contributed by atoms with Crippen LogP contribution in [0, 0.1) is 24.0 Å². The van der Waals surface area contributed by atoms with Crippen molar-refractivity contribution >= 4 is 28.6 Å². The zero-order valence-electron chi connectivity index (χ0n) is 13.3. The number of aryl methyl sites for hydroxylation is 2. The molecule has 1 aromatic heterocycles. The van der Waals surface area contributed by atoms with Crippen LogP contribution in [0.5, 0.6) is 0 Å². The average Bonchev–Trinajstić information content (AvgIpc) is 2.85. The predicted molar refractivity (Wildman–Crippen MR) is 90.1 cm³/mol. The zero-order valence-corrected chi connectivity index (χ0v) is 14.2. The van der Waals surface area contributed by atoms with Crippen LogP contribution < -0.4 is 10.6 Å². The predicted octanol–water partition coefficient (Wildman–Crippen LogP) is 3.20. The molecule has 0 unspecified atom stereocenters. The average molecular weight is 334 g/mol. The van der Waals surface area contributed by atoms with Gasteiger partial charge in [0.1, 0.15) is 0 Å². The van der Waals surface area contributed by atoms with E-state index < -0.39 is 4.92 Å². The lowest BCUT2D eigenvalue weighted by Gasteiger charge is -2.15. The van der Waals surface area contributed by atoms with E-state index in [1.165, 1.54) is 29.5 Å². The first-order valence-corrected chi connectivity index (χ1v) is 7.86. The molecule has 0 aliphatic heterocycles. The van der Waals surface area contributed by atoms with E-state index in [9.17, 15) is 14.9 Å². The highest BCUT2D eigenvalue weighted by Crippen LogP contribution is 2.26. The fourth-order valence-electron chi connectivity index (χ4n) is 2.34. The summed E-state index contributed by atoms with van der Waals surface area (Å²) >= 11 is 1.53. The van der Waals surface area contributed by atoms with Crippen molar-refractivity contribution in [2.24, 2.45) is 0 Å². The minimum Gasteiger partial charge on any atom is -0.387 e. The van der Waals surface area contributed by atoms with Gasteiger partial charge in [0.25, 0.3) is 11.6 Å². The van der Waals surface area contributed by atoms with Crippen molar-refractivity contribution in [3.63, 3.8) is 0 Å². The quantitative estimate of drug-likeness (QED) is 0.646. The molecule has 2 N–H and O–H groups in total. The summed E-state index contributed by atoms with van der Waals surface area (Å²) in [7, 11) is 1.66. The topological polar surface area (TPSA) is 97.2 Å². The molecule has 0 fully saturated rings. The van der Waals surface area contributed by atoms with E-state index >= 15 is 0 Å². The van der Waals surface area contributed by atoms with Crippen molar-refractivity contribution in [3.05, 3.63) is 49.5 Å². The number of non-ortho nitro benzene ring substituents is 1. The molecule has 0 aliphatic rings. The molecule has 0 spiro atoms. The first-order valence-electron chi connectivity index (χ1n) is 7.04. The fraction of sp³-hybridized carbons (Fsp3) is 0.333. The number of nitrogens with zero attached hydrogens (tertiary/aromatic N) is 2. The second-order valence-electron chi connectivity index (χ2n) is 5.11. The van der Waals surface area contributed by atoms with Gasteiger partial charge in [-0.1, -0.05) is 0 Å². The summed E-state index contributed by atoms with van der Waals surface area (Å²) in [4.78, 5) is 28.2. The Morgan fingerprint density at radius 1 is 1.39 bits per heavy atom. The Morgan fingerprint density at radius 2 is 2.09 bits per heavy atom. The van der Waals surface area contributed by atoms with E-state index in [4.69, 9.17) is 0 Å². The van der Waals surface area contributed by atoms with Gasteiger partial charge < -0.3 is 10.6 Å². The van der Waals surface area contributed by atoms with Crippen LogP contribution >= 0.6 is 11.3 Å². The van der Waals surface area contributed by atoms with Gasteiger partial charge in [-0.15, -0.1) is 11.3 Å². The Hall–Kier alpha value is -2.48. The third kappa shape index (κ3) is 3.65. The van der Waals surface area contributed by atoms with Crippen molar-refractivity contribution < 1.29 is 9.72 Å². The summed E-state index contributed by atoms with van der Waals surface area (Å²) in [5.41, 5.74) is 1.55. The number of hydrogen-bond donors (Lipinski definition) is 2. The highest BCUT2D eigenvalue weighted by Gasteiger charge is 2.20. The molecular weight excluding hydrogens is 316 g/mol. The van der Waals surface area contributed by atoms with Gasteiger partial charge in [0, 0.05) is 29.7 Å². The normalized spacial score (nSPS) is 11.8. The molecule has 0 saturated heterocycles. The van der Waals surface area contributed by atoms with Gasteiger partial charge in [0.05, 0.1) is 27.2 Å². The zero-order chi connectivity index (χ0) is 17.1. The van der Waals surface area contributed by atoms with Crippen molar-refractivity contribution in [1.82, 2.24) is 10.3 Å². The third-order valence-electron chi connectivity index (χ3n) is 3.41.